The molecule has 2 aliphatic heterocycles. The van der Waals surface area contributed by atoms with E-state index in [1.807, 2.05) is 19.1 Å². The molecule has 8 bridgehead atoms. The number of carbonyl (C=O) groups excluding carboxylic acids is 3. The lowest BCUT2D eigenvalue weighted by molar-refractivity contribution is -0.143. The van der Waals surface area contributed by atoms with Crippen LogP contribution in [0, 0.1) is 31.6 Å². The van der Waals surface area contributed by atoms with Gasteiger partial charge in [0.05, 0.1) is 35.2 Å². The number of rotatable bonds is 21. The van der Waals surface area contributed by atoms with Gasteiger partial charge in [-0.1, -0.05) is 105 Å². The van der Waals surface area contributed by atoms with Crippen LogP contribution in [0.2, 0.25) is 0 Å². The fourth-order valence-electron chi connectivity index (χ4n) is 11.2. The number of hydrogen-bond acceptors (Lipinski definition) is 7. The molecule has 0 unspecified atom stereocenters. The summed E-state index contributed by atoms with van der Waals surface area (Å²) in [5.41, 5.74) is 14.3. The summed E-state index contributed by atoms with van der Waals surface area (Å²) in [4.78, 5) is 52.8. The number of Topliss-reactive ketones (excluding diaryl/α,β-unsaturated/α-hetero) is 1. The minimum Gasteiger partial charge on any atom is -0.468 e. The third-order valence-electron chi connectivity index (χ3n) is 15.3. The summed E-state index contributed by atoms with van der Waals surface area (Å²) in [6.45, 7) is 29.1. The molecule has 0 amide bonds. The van der Waals surface area contributed by atoms with E-state index in [-0.39, 0.29) is 36.6 Å². The summed E-state index contributed by atoms with van der Waals surface area (Å²) in [6, 6.07) is 6.39. The van der Waals surface area contributed by atoms with Gasteiger partial charge in [-0.05, 0) is 125 Å². The number of aromatic nitrogens is 4. The second-order valence-corrected chi connectivity index (χ2v) is 20.5. The maximum atomic E-state index is 14.7. The van der Waals surface area contributed by atoms with Crippen molar-refractivity contribution in [3.8, 4) is 0 Å². The van der Waals surface area contributed by atoms with Crippen LogP contribution in [0.15, 0.2) is 36.4 Å². The number of ketones is 1. The van der Waals surface area contributed by atoms with Crippen LogP contribution in [0.3, 0.4) is 0 Å². The van der Waals surface area contributed by atoms with E-state index in [0.717, 1.165) is 92.6 Å². The molecule has 3 aliphatic rings. The second-order valence-electron chi connectivity index (χ2n) is 20.5. The first-order chi connectivity index (χ1) is 32.0. The molecule has 0 saturated carbocycles. The van der Waals surface area contributed by atoms with Crippen molar-refractivity contribution in [2.75, 3.05) is 13.7 Å². The van der Waals surface area contributed by atoms with Crippen molar-refractivity contribution in [1.82, 2.24) is 19.1 Å². The molecule has 9 heteroatoms. The van der Waals surface area contributed by atoms with E-state index in [1.165, 1.54) is 57.6 Å². The van der Waals surface area contributed by atoms with E-state index >= 15 is 0 Å². The maximum Gasteiger partial charge on any atom is 0.321 e. The van der Waals surface area contributed by atoms with Crippen LogP contribution in [-0.2, 0) is 32.7 Å². The Morgan fingerprint density at radius 1 is 0.866 bits per heavy atom. The number of ether oxygens (including phenoxy) is 2. The summed E-state index contributed by atoms with van der Waals surface area (Å²) < 4.78 is 15.6. The third kappa shape index (κ3) is 10.8. The number of esters is 2. The molecular formula is C58H80N4O5. The standard InChI is InChI=1S/C58H80N4O5/c1-15-42-38(9)45-32-50-43(16-2)40(11)48(61(50)13)31-46-39(10)44(27-28-51(63)67-30-29-37(8)26-20-25-36(7)24-19-23-35(6)22-18-21-34(4)5)55(60-46)53-54(58(65)66-14)57(64)52-41(12)49(33-47(42)59-45)62(17-3)56(52)53/h16,29,31-36,39,44,54H,2,15,17-28,30H2,1,3-14H3/b37-29+,45-32?,46-31?,47-33?,48-31?,49-33?,50-32?,55-53?/t35-,36-,39+,44+,54-/m1/s1. The largest absolute Gasteiger partial charge is 0.468 e. The zero-order valence-corrected chi connectivity index (χ0v) is 43.3. The summed E-state index contributed by atoms with van der Waals surface area (Å²) in [5, 5.41) is 0. The van der Waals surface area contributed by atoms with E-state index < -0.39 is 11.9 Å². The molecule has 9 nitrogen and oxygen atoms in total. The Labute approximate surface area is 401 Å². The zero-order valence-electron chi connectivity index (χ0n) is 43.3. The molecule has 6 rings (SSSR count). The molecule has 1 aliphatic carbocycles. The Hall–Kier alpha value is -5.05. The van der Waals surface area contributed by atoms with Gasteiger partial charge < -0.3 is 18.6 Å². The Bertz CT molecular complexity index is 2600. The van der Waals surface area contributed by atoms with E-state index in [2.05, 4.69) is 110 Å². The van der Waals surface area contributed by atoms with Crippen molar-refractivity contribution in [2.45, 2.75) is 178 Å². The average molecular weight is 913 g/mol. The average Bonchev–Trinajstić information content (AvgIpc) is 4.01. The molecule has 5 atom stereocenters. The number of methoxy groups -OCH3 is 1. The molecule has 362 valence electrons. The highest BCUT2D eigenvalue weighted by Crippen LogP contribution is 2.49. The summed E-state index contributed by atoms with van der Waals surface area (Å²) in [5.74, 6) is -0.450. The van der Waals surface area contributed by atoms with Crippen LogP contribution in [0.5, 0.6) is 0 Å². The smallest absolute Gasteiger partial charge is 0.321 e. The third-order valence-corrected chi connectivity index (χ3v) is 15.3. The lowest BCUT2D eigenvalue weighted by Crippen LogP contribution is -2.22. The van der Waals surface area contributed by atoms with Crippen LogP contribution >= 0.6 is 0 Å². The molecule has 0 N–H and O–H groups in total. The normalized spacial score (nSPS) is 18.0. The van der Waals surface area contributed by atoms with Gasteiger partial charge in [-0.25, -0.2) is 4.98 Å². The molecule has 0 radical (unpaired) electrons. The second kappa shape index (κ2) is 22.4. The molecule has 0 fully saturated rings. The highest BCUT2D eigenvalue weighted by atomic mass is 16.5. The van der Waals surface area contributed by atoms with E-state index in [4.69, 9.17) is 19.4 Å². The Kier molecular flexibility index (Phi) is 17.1. The molecule has 0 spiro atoms. The first kappa shape index (κ1) is 51.3. The molecule has 5 heterocycles. The zero-order chi connectivity index (χ0) is 48.9. The molecule has 3 aromatic heterocycles. The Morgan fingerprint density at radius 3 is 2.15 bits per heavy atom. The Morgan fingerprint density at radius 2 is 1.52 bits per heavy atom. The lowest BCUT2D eigenvalue weighted by Gasteiger charge is -2.19. The minimum absolute atomic E-state index is 0.148. The predicted molar refractivity (Wildman–Crippen MR) is 276 cm³/mol. The topological polar surface area (TPSA) is 105 Å². The van der Waals surface area contributed by atoms with Gasteiger partial charge in [-0.3, -0.25) is 19.4 Å². The van der Waals surface area contributed by atoms with Gasteiger partial charge in [-0.2, -0.15) is 0 Å². The van der Waals surface area contributed by atoms with Crippen molar-refractivity contribution in [3.63, 3.8) is 0 Å². The molecule has 3 aromatic rings. The lowest BCUT2D eigenvalue weighted by atomic mass is 9.84. The maximum absolute atomic E-state index is 14.7. The number of fused-ring (bicyclic) bond motifs is 8. The van der Waals surface area contributed by atoms with Crippen molar-refractivity contribution in [1.29, 1.82) is 0 Å². The van der Waals surface area contributed by atoms with Crippen molar-refractivity contribution >= 4 is 57.0 Å². The molecule has 0 saturated heterocycles. The Balaban J connectivity index is 1.30. The van der Waals surface area contributed by atoms with E-state index in [1.54, 1.807) is 0 Å². The van der Waals surface area contributed by atoms with Gasteiger partial charge in [0, 0.05) is 65.3 Å². The summed E-state index contributed by atoms with van der Waals surface area (Å²) in [7, 11) is 3.39. The van der Waals surface area contributed by atoms with Gasteiger partial charge in [0.25, 0.3) is 0 Å². The van der Waals surface area contributed by atoms with E-state index in [0.29, 0.717) is 41.2 Å². The first-order valence-electron chi connectivity index (χ1n) is 25.5. The highest BCUT2D eigenvalue weighted by molar-refractivity contribution is 6.24. The number of carbonyl (C=O) groups is 3. The number of nitrogens with zero attached hydrogens (tertiary/aromatic N) is 4. The first-order valence-corrected chi connectivity index (χ1v) is 25.5. The monoisotopic (exact) mass is 913 g/mol. The quantitative estimate of drug-likeness (QED) is 0.0595. The van der Waals surface area contributed by atoms with Crippen LogP contribution in [0.4, 0.5) is 0 Å². The fraction of sp³-hybridized carbons (Fsp3) is 0.569. The van der Waals surface area contributed by atoms with Gasteiger partial charge >= 0.3 is 11.9 Å². The number of hydrogen-bond donors (Lipinski definition) is 0. The summed E-state index contributed by atoms with van der Waals surface area (Å²) >= 11 is 0. The highest BCUT2D eigenvalue weighted by Gasteiger charge is 2.46. The number of allylic oxidation sites excluding steroid dienone is 3. The van der Waals surface area contributed by atoms with Crippen molar-refractivity contribution < 1.29 is 23.9 Å². The van der Waals surface area contributed by atoms with Gasteiger partial charge in [-0.15, -0.1) is 0 Å². The SMILES string of the molecule is C=Cc1c(C)c2cc3nc(c4c5c(c(C)c(cc6nc(cc1n2C)C(C)=C6CC)n5CC)C(=O)[C@@H]4C(=O)OC)[C@@H](CCC(=O)OC/C=C(\C)CCC[C@H](C)CCC[C@H](C)CCCC(C)C)[C@@H]3C. The molecule has 0 aromatic carbocycles. The van der Waals surface area contributed by atoms with Crippen molar-refractivity contribution in [3.05, 3.63) is 87.0 Å². The van der Waals surface area contributed by atoms with Gasteiger partial charge in [0.15, 0.2) is 5.78 Å². The van der Waals surface area contributed by atoms with Crippen LogP contribution in [0.1, 0.15) is 213 Å². The van der Waals surface area contributed by atoms with Crippen molar-refractivity contribution in [2.24, 2.45) is 24.8 Å². The van der Waals surface area contributed by atoms with E-state index in [9.17, 15) is 14.4 Å². The summed E-state index contributed by atoms with van der Waals surface area (Å²) in [6.07, 6.45) is 16.6. The number of aryl methyl sites for hydroxylation is 4. The fourth-order valence-corrected chi connectivity index (χ4v) is 11.2. The van der Waals surface area contributed by atoms with Crippen LogP contribution < -0.4 is 0 Å². The van der Waals surface area contributed by atoms with Crippen LogP contribution in [-0.4, -0.2) is 50.5 Å². The predicted octanol–water partition coefficient (Wildman–Crippen LogP) is 14.5. The van der Waals surface area contributed by atoms with Crippen LogP contribution in [0.25, 0.3) is 39.3 Å². The van der Waals surface area contributed by atoms with Gasteiger partial charge in [0.2, 0.25) is 0 Å². The minimum atomic E-state index is -1.18. The molecule has 67 heavy (non-hydrogen) atoms. The van der Waals surface area contributed by atoms with Gasteiger partial charge in [0.1, 0.15) is 12.5 Å². The molecular weight excluding hydrogens is 833 g/mol.